The van der Waals surface area contributed by atoms with Crippen molar-refractivity contribution in [1.29, 1.82) is 0 Å². The van der Waals surface area contributed by atoms with Crippen LogP contribution in [0, 0.1) is 13.8 Å². The van der Waals surface area contributed by atoms with Crippen molar-refractivity contribution in [2.45, 2.75) is 20.3 Å². The number of ether oxygens (including phenoxy) is 1. The van der Waals surface area contributed by atoms with Crippen LogP contribution in [0.5, 0.6) is 5.75 Å². The van der Waals surface area contributed by atoms with Crippen LogP contribution in [0.3, 0.4) is 0 Å². The highest BCUT2D eigenvalue weighted by molar-refractivity contribution is 5.35. The Labute approximate surface area is 97.4 Å². The van der Waals surface area contributed by atoms with Crippen LogP contribution in [0.4, 0.5) is 0 Å². The normalized spacial score (nSPS) is 10.4. The molecule has 1 aromatic carbocycles. The molecule has 16 heavy (non-hydrogen) atoms. The number of aliphatic hydroxyl groups excluding tert-OH is 1. The number of hydrogen-bond acceptors (Lipinski definition) is 2. The Kier molecular flexibility index (Phi) is 5.90. The Balaban J connectivity index is 2.21. The number of aliphatic hydroxyl groups is 1. The van der Waals surface area contributed by atoms with Gasteiger partial charge < -0.3 is 15.2 Å². The highest BCUT2D eigenvalue weighted by atomic mass is 16.5. The molecule has 1 aromatic rings. The number of aryl methyl sites for hydroxylation is 2. The fourth-order valence-corrected chi connectivity index (χ4v) is 1.61. The lowest BCUT2D eigenvalue weighted by molar-refractivity contribution is -0.656. The first-order valence-electron chi connectivity index (χ1n) is 5.86. The molecule has 0 saturated carbocycles. The highest BCUT2D eigenvalue weighted by Gasteiger charge is 1.99. The second-order valence-corrected chi connectivity index (χ2v) is 4.06. The molecule has 0 heterocycles. The first-order valence-corrected chi connectivity index (χ1v) is 5.86. The third-order valence-corrected chi connectivity index (χ3v) is 2.47. The molecule has 3 heteroatoms. The molecule has 90 valence electrons. The predicted molar refractivity (Wildman–Crippen MR) is 64.8 cm³/mol. The Morgan fingerprint density at radius 2 is 2.06 bits per heavy atom. The van der Waals surface area contributed by atoms with Crippen molar-refractivity contribution in [2.24, 2.45) is 0 Å². The number of hydrogen-bond donors (Lipinski definition) is 2. The quantitative estimate of drug-likeness (QED) is 0.667. The molecule has 0 aromatic heterocycles. The van der Waals surface area contributed by atoms with Gasteiger partial charge in [-0.05, 0) is 25.5 Å². The van der Waals surface area contributed by atoms with Crippen LogP contribution >= 0.6 is 0 Å². The minimum absolute atomic E-state index is 0.248. The molecule has 0 aliphatic carbocycles. The van der Waals surface area contributed by atoms with Gasteiger partial charge in [0.2, 0.25) is 0 Å². The zero-order valence-electron chi connectivity index (χ0n) is 10.2. The summed E-state index contributed by atoms with van der Waals surface area (Å²) in [4.78, 5) is 0. The van der Waals surface area contributed by atoms with E-state index < -0.39 is 0 Å². The van der Waals surface area contributed by atoms with Gasteiger partial charge in [-0.3, -0.25) is 0 Å². The molecule has 0 atom stereocenters. The van der Waals surface area contributed by atoms with Crippen LogP contribution in [0.25, 0.3) is 0 Å². The van der Waals surface area contributed by atoms with E-state index in [2.05, 4.69) is 31.3 Å². The van der Waals surface area contributed by atoms with Crippen molar-refractivity contribution in [3.05, 3.63) is 29.3 Å². The Bertz CT molecular complexity index is 313. The van der Waals surface area contributed by atoms with Gasteiger partial charge in [0, 0.05) is 6.42 Å². The van der Waals surface area contributed by atoms with Crippen molar-refractivity contribution in [2.75, 3.05) is 26.3 Å². The number of rotatable bonds is 7. The second kappa shape index (κ2) is 7.25. The van der Waals surface area contributed by atoms with E-state index in [1.54, 1.807) is 0 Å². The summed E-state index contributed by atoms with van der Waals surface area (Å²) in [6.07, 6.45) is 1.01. The zero-order valence-corrected chi connectivity index (χ0v) is 10.2. The van der Waals surface area contributed by atoms with Crippen molar-refractivity contribution in [3.8, 4) is 5.75 Å². The lowest BCUT2D eigenvalue weighted by atomic mass is 10.1. The number of benzene rings is 1. The lowest BCUT2D eigenvalue weighted by Gasteiger charge is -2.09. The van der Waals surface area contributed by atoms with Crippen LogP contribution in [0.15, 0.2) is 18.2 Å². The monoisotopic (exact) mass is 224 g/mol. The van der Waals surface area contributed by atoms with E-state index in [4.69, 9.17) is 9.84 Å². The molecular formula is C13H22NO2+. The zero-order chi connectivity index (χ0) is 11.8. The molecule has 0 amide bonds. The Morgan fingerprint density at radius 1 is 1.25 bits per heavy atom. The van der Waals surface area contributed by atoms with E-state index in [-0.39, 0.29) is 6.61 Å². The lowest BCUT2D eigenvalue weighted by Crippen LogP contribution is -2.85. The van der Waals surface area contributed by atoms with E-state index in [9.17, 15) is 0 Å². The molecular weight excluding hydrogens is 202 g/mol. The van der Waals surface area contributed by atoms with Gasteiger partial charge in [0.05, 0.1) is 26.3 Å². The number of quaternary nitrogens is 1. The van der Waals surface area contributed by atoms with Gasteiger partial charge >= 0.3 is 0 Å². The molecule has 0 aliphatic heterocycles. The molecule has 0 aliphatic rings. The van der Waals surface area contributed by atoms with Crippen LogP contribution < -0.4 is 10.1 Å². The second-order valence-electron chi connectivity index (χ2n) is 4.06. The third-order valence-electron chi connectivity index (χ3n) is 2.47. The van der Waals surface area contributed by atoms with Gasteiger partial charge in [-0.1, -0.05) is 17.7 Å². The standard InChI is InChI=1S/C13H21NO2/c1-11-4-5-13(12(2)10-11)16-9-3-6-14-7-8-15/h4-5,10,14-15H,3,6-9H2,1-2H3/p+1. The van der Waals surface area contributed by atoms with E-state index in [0.717, 1.165) is 31.9 Å². The molecule has 0 unspecified atom stereocenters. The maximum Gasteiger partial charge on any atom is 0.122 e. The minimum Gasteiger partial charge on any atom is -0.493 e. The maximum absolute atomic E-state index is 8.60. The molecule has 0 saturated heterocycles. The summed E-state index contributed by atoms with van der Waals surface area (Å²) in [5.74, 6) is 0.979. The van der Waals surface area contributed by atoms with Gasteiger partial charge in [0.25, 0.3) is 0 Å². The molecule has 3 nitrogen and oxygen atoms in total. The summed E-state index contributed by atoms with van der Waals surface area (Å²) >= 11 is 0. The van der Waals surface area contributed by atoms with Crippen molar-refractivity contribution in [1.82, 2.24) is 0 Å². The average molecular weight is 224 g/mol. The SMILES string of the molecule is Cc1ccc(OCCC[NH2+]CCO)c(C)c1. The van der Waals surface area contributed by atoms with Gasteiger partial charge in [0.1, 0.15) is 5.75 Å². The molecule has 0 radical (unpaired) electrons. The summed E-state index contributed by atoms with van der Waals surface area (Å²) in [6.45, 7) is 6.93. The Hall–Kier alpha value is -1.06. The summed E-state index contributed by atoms with van der Waals surface area (Å²) in [5, 5.41) is 10.7. The van der Waals surface area contributed by atoms with Gasteiger partial charge in [-0.25, -0.2) is 0 Å². The van der Waals surface area contributed by atoms with Crippen LogP contribution in [-0.4, -0.2) is 31.4 Å². The van der Waals surface area contributed by atoms with E-state index in [0.29, 0.717) is 0 Å². The van der Waals surface area contributed by atoms with Crippen molar-refractivity contribution < 1.29 is 15.2 Å². The third kappa shape index (κ3) is 4.64. The van der Waals surface area contributed by atoms with Gasteiger partial charge in [-0.2, -0.15) is 0 Å². The molecule has 0 spiro atoms. The summed E-state index contributed by atoms with van der Waals surface area (Å²) < 4.78 is 5.69. The molecule has 1 rings (SSSR count). The molecule has 0 fully saturated rings. The predicted octanol–water partition coefficient (Wildman–Crippen LogP) is 0.628. The van der Waals surface area contributed by atoms with Crippen LogP contribution in [0.1, 0.15) is 17.5 Å². The van der Waals surface area contributed by atoms with Crippen LogP contribution in [0.2, 0.25) is 0 Å². The fourth-order valence-electron chi connectivity index (χ4n) is 1.61. The molecule has 3 N–H and O–H groups in total. The fraction of sp³-hybridized carbons (Fsp3) is 0.538. The van der Waals surface area contributed by atoms with E-state index in [1.165, 1.54) is 11.1 Å². The highest BCUT2D eigenvalue weighted by Crippen LogP contribution is 2.18. The average Bonchev–Trinajstić information content (AvgIpc) is 2.26. The van der Waals surface area contributed by atoms with Crippen LogP contribution in [-0.2, 0) is 0 Å². The topological polar surface area (TPSA) is 46.1 Å². The summed E-state index contributed by atoms with van der Waals surface area (Å²) in [5.41, 5.74) is 2.46. The van der Waals surface area contributed by atoms with Crippen molar-refractivity contribution >= 4 is 0 Å². The maximum atomic E-state index is 8.60. The Morgan fingerprint density at radius 3 is 2.75 bits per heavy atom. The van der Waals surface area contributed by atoms with Gasteiger partial charge in [-0.15, -0.1) is 0 Å². The van der Waals surface area contributed by atoms with Crippen molar-refractivity contribution in [3.63, 3.8) is 0 Å². The number of nitrogens with two attached hydrogens (primary N) is 1. The first kappa shape index (κ1) is 13.0. The van der Waals surface area contributed by atoms with E-state index in [1.807, 2.05) is 6.07 Å². The largest absolute Gasteiger partial charge is 0.493 e. The molecule has 0 bridgehead atoms. The van der Waals surface area contributed by atoms with Gasteiger partial charge in [0.15, 0.2) is 0 Å². The minimum atomic E-state index is 0.248. The smallest absolute Gasteiger partial charge is 0.122 e. The summed E-state index contributed by atoms with van der Waals surface area (Å²) in [7, 11) is 0. The first-order chi connectivity index (χ1) is 7.74. The van der Waals surface area contributed by atoms with E-state index >= 15 is 0 Å². The summed E-state index contributed by atoms with van der Waals surface area (Å²) in [6, 6.07) is 6.23.